The molecule has 1 N–H and O–H groups in total. The molecule has 0 spiro atoms. The van der Waals surface area contributed by atoms with Gasteiger partial charge in [0.25, 0.3) is 0 Å². The Morgan fingerprint density at radius 2 is 2.18 bits per heavy atom. The summed E-state index contributed by atoms with van der Waals surface area (Å²) in [4.78, 5) is 21.3. The molecule has 1 fully saturated rings. The van der Waals surface area contributed by atoms with Crippen LogP contribution in [0.4, 0.5) is 0 Å². The highest BCUT2D eigenvalue weighted by atomic mass is 16.5. The second kappa shape index (κ2) is 2.22. The minimum atomic E-state index is -0.919. The number of esters is 1. The van der Waals surface area contributed by atoms with Gasteiger partial charge in [0.05, 0.1) is 18.4 Å². The summed E-state index contributed by atoms with van der Waals surface area (Å²) in [5.41, 5.74) is -0.763. The SMILES string of the molecule is COC(=O)[C@@]1(C)C[C@H]1C(=O)O. The van der Waals surface area contributed by atoms with Gasteiger partial charge in [0, 0.05) is 0 Å². The maximum absolute atomic E-state index is 10.9. The van der Waals surface area contributed by atoms with E-state index in [0.29, 0.717) is 6.42 Å². The fraction of sp³-hybridized carbons (Fsp3) is 0.714. The molecular formula is C7H10O4. The van der Waals surface area contributed by atoms with Crippen LogP contribution in [0.2, 0.25) is 0 Å². The Hall–Kier alpha value is -1.06. The van der Waals surface area contributed by atoms with Gasteiger partial charge < -0.3 is 9.84 Å². The zero-order valence-electron chi connectivity index (χ0n) is 6.46. The van der Waals surface area contributed by atoms with Crippen molar-refractivity contribution < 1.29 is 19.4 Å². The van der Waals surface area contributed by atoms with Crippen LogP contribution in [0.1, 0.15) is 13.3 Å². The van der Waals surface area contributed by atoms with E-state index in [9.17, 15) is 9.59 Å². The summed E-state index contributed by atoms with van der Waals surface area (Å²) < 4.78 is 4.46. The Morgan fingerprint density at radius 3 is 2.45 bits per heavy atom. The number of hydrogen-bond acceptors (Lipinski definition) is 3. The Bertz CT molecular complexity index is 210. The molecule has 0 bridgehead atoms. The lowest BCUT2D eigenvalue weighted by Crippen LogP contribution is -2.19. The number of ether oxygens (including phenoxy) is 1. The van der Waals surface area contributed by atoms with Crippen molar-refractivity contribution in [1.82, 2.24) is 0 Å². The lowest BCUT2D eigenvalue weighted by molar-refractivity contribution is -0.150. The molecule has 1 saturated carbocycles. The standard InChI is InChI=1S/C7H10O4/c1-7(6(10)11-2)3-4(7)5(8)9/h4H,3H2,1-2H3,(H,8,9)/t4-,7-/m0/s1. The zero-order valence-corrected chi connectivity index (χ0v) is 6.46. The average Bonchev–Trinajstić information content (AvgIpc) is 2.62. The molecule has 0 aromatic heterocycles. The summed E-state index contributed by atoms with van der Waals surface area (Å²) in [5.74, 6) is -1.89. The molecule has 0 amide bonds. The van der Waals surface area contributed by atoms with Crippen molar-refractivity contribution in [3.63, 3.8) is 0 Å². The van der Waals surface area contributed by atoms with Crippen LogP contribution in [-0.4, -0.2) is 24.2 Å². The smallest absolute Gasteiger partial charge is 0.312 e. The van der Waals surface area contributed by atoms with E-state index in [4.69, 9.17) is 5.11 Å². The number of carboxylic acids is 1. The van der Waals surface area contributed by atoms with Gasteiger partial charge in [-0.1, -0.05) is 0 Å². The summed E-state index contributed by atoms with van der Waals surface area (Å²) in [6, 6.07) is 0. The van der Waals surface area contributed by atoms with Crippen molar-refractivity contribution >= 4 is 11.9 Å². The van der Waals surface area contributed by atoms with Gasteiger partial charge in [0.1, 0.15) is 0 Å². The predicted octanol–water partition coefficient (Wildman–Crippen LogP) is 0.270. The van der Waals surface area contributed by atoms with Crippen LogP contribution in [0.15, 0.2) is 0 Å². The van der Waals surface area contributed by atoms with Crippen LogP contribution in [0.3, 0.4) is 0 Å². The molecule has 0 unspecified atom stereocenters. The van der Waals surface area contributed by atoms with Crippen LogP contribution in [0.25, 0.3) is 0 Å². The van der Waals surface area contributed by atoms with E-state index in [2.05, 4.69) is 4.74 Å². The molecule has 11 heavy (non-hydrogen) atoms. The topological polar surface area (TPSA) is 63.6 Å². The number of carbonyl (C=O) groups excluding carboxylic acids is 1. The second-order valence-electron chi connectivity index (χ2n) is 3.00. The molecule has 4 heteroatoms. The first-order valence-corrected chi connectivity index (χ1v) is 3.33. The first kappa shape index (κ1) is 8.04. The van der Waals surface area contributed by atoms with Gasteiger partial charge >= 0.3 is 11.9 Å². The third kappa shape index (κ3) is 1.08. The molecule has 1 aliphatic carbocycles. The van der Waals surface area contributed by atoms with Crippen LogP contribution < -0.4 is 0 Å². The third-order valence-corrected chi connectivity index (χ3v) is 2.19. The molecular weight excluding hydrogens is 148 g/mol. The van der Waals surface area contributed by atoms with Crippen molar-refractivity contribution in [2.45, 2.75) is 13.3 Å². The van der Waals surface area contributed by atoms with E-state index in [-0.39, 0.29) is 0 Å². The van der Waals surface area contributed by atoms with Gasteiger partial charge in [0.2, 0.25) is 0 Å². The van der Waals surface area contributed by atoms with Gasteiger partial charge in [-0.2, -0.15) is 0 Å². The van der Waals surface area contributed by atoms with E-state index in [1.54, 1.807) is 6.92 Å². The maximum atomic E-state index is 10.9. The van der Waals surface area contributed by atoms with Crippen molar-refractivity contribution in [2.75, 3.05) is 7.11 Å². The fourth-order valence-electron chi connectivity index (χ4n) is 1.18. The van der Waals surface area contributed by atoms with E-state index < -0.39 is 23.3 Å². The molecule has 1 rings (SSSR count). The minimum Gasteiger partial charge on any atom is -0.481 e. The first-order chi connectivity index (χ1) is 5.02. The normalized spacial score (nSPS) is 34.5. The molecule has 0 aromatic carbocycles. The van der Waals surface area contributed by atoms with E-state index in [1.807, 2.05) is 0 Å². The monoisotopic (exact) mass is 158 g/mol. The molecule has 0 aromatic rings. The number of carbonyl (C=O) groups is 2. The Kier molecular flexibility index (Phi) is 1.62. The Balaban J connectivity index is 2.62. The summed E-state index contributed by atoms with van der Waals surface area (Å²) in [6.07, 6.45) is 0.398. The van der Waals surface area contributed by atoms with Gasteiger partial charge in [-0.3, -0.25) is 9.59 Å². The predicted molar refractivity (Wildman–Crippen MR) is 35.9 cm³/mol. The number of methoxy groups -OCH3 is 1. The van der Waals surface area contributed by atoms with Gasteiger partial charge in [-0.15, -0.1) is 0 Å². The van der Waals surface area contributed by atoms with E-state index in [0.717, 1.165) is 0 Å². The molecule has 0 heterocycles. The van der Waals surface area contributed by atoms with E-state index >= 15 is 0 Å². The average molecular weight is 158 g/mol. The van der Waals surface area contributed by atoms with Crippen LogP contribution >= 0.6 is 0 Å². The quantitative estimate of drug-likeness (QED) is 0.586. The molecule has 4 nitrogen and oxygen atoms in total. The lowest BCUT2D eigenvalue weighted by atomic mass is 10.1. The number of rotatable bonds is 2. The number of hydrogen-bond donors (Lipinski definition) is 1. The van der Waals surface area contributed by atoms with Gasteiger partial charge in [0.15, 0.2) is 0 Å². The summed E-state index contributed by atoms with van der Waals surface area (Å²) in [5, 5.41) is 8.53. The summed E-state index contributed by atoms with van der Waals surface area (Å²) in [7, 11) is 1.27. The third-order valence-electron chi connectivity index (χ3n) is 2.19. The minimum absolute atomic E-state index is 0.398. The summed E-state index contributed by atoms with van der Waals surface area (Å²) >= 11 is 0. The van der Waals surface area contributed by atoms with Crippen molar-refractivity contribution in [1.29, 1.82) is 0 Å². The number of carboxylic acid groups (broad SMARTS) is 1. The Morgan fingerprint density at radius 1 is 1.64 bits per heavy atom. The van der Waals surface area contributed by atoms with Crippen LogP contribution in [0, 0.1) is 11.3 Å². The molecule has 0 radical (unpaired) electrons. The highest BCUT2D eigenvalue weighted by Crippen LogP contribution is 2.52. The molecule has 62 valence electrons. The molecule has 2 atom stereocenters. The second-order valence-corrected chi connectivity index (χ2v) is 3.00. The highest BCUT2D eigenvalue weighted by Gasteiger charge is 2.61. The van der Waals surface area contributed by atoms with Crippen molar-refractivity contribution in [3.8, 4) is 0 Å². The largest absolute Gasteiger partial charge is 0.481 e. The van der Waals surface area contributed by atoms with Gasteiger partial charge in [-0.25, -0.2) is 0 Å². The van der Waals surface area contributed by atoms with Crippen LogP contribution in [-0.2, 0) is 14.3 Å². The lowest BCUT2D eigenvalue weighted by Gasteiger charge is -2.04. The van der Waals surface area contributed by atoms with Crippen molar-refractivity contribution in [3.05, 3.63) is 0 Å². The first-order valence-electron chi connectivity index (χ1n) is 3.33. The number of aliphatic carboxylic acids is 1. The van der Waals surface area contributed by atoms with Gasteiger partial charge in [-0.05, 0) is 13.3 Å². The fourth-order valence-corrected chi connectivity index (χ4v) is 1.18. The molecule has 0 aliphatic heterocycles. The van der Waals surface area contributed by atoms with Crippen LogP contribution in [0.5, 0.6) is 0 Å². The molecule has 1 aliphatic rings. The zero-order chi connectivity index (χ0) is 8.65. The highest BCUT2D eigenvalue weighted by molar-refractivity contribution is 5.89. The maximum Gasteiger partial charge on any atom is 0.312 e. The van der Waals surface area contributed by atoms with Crippen molar-refractivity contribution in [2.24, 2.45) is 11.3 Å². The van der Waals surface area contributed by atoms with E-state index in [1.165, 1.54) is 7.11 Å². The molecule has 0 saturated heterocycles. The Labute approximate surface area is 64.2 Å². The summed E-state index contributed by atoms with van der Waals surface area (Å²) in [6.45, 7) is 1.61.